The molecule has 0 aromatic carbocycles. The Labute approximate surface area is 82.5 Å². The van der Waals surface area contributed by atoms with Gasteiger partial charge in [-0.1, -0.05) is 20.3 Å². The number of nitrogens with one attached hydrogen (secondary N) is 2. The highest BCUT2D eigenvalue weighted by Gasteiger charge is 2.18. The topological polar surface area (TPSA) is 24.1 Å². The summed E-state index contributed by atoms with van der Waals surface area (Å²) < 4.78 is 0. The lowest BCUT2D eigenvalue weighted by atomic mass is 9.93. The third-order valence-electron chi connectivity index (χ3n) is 2.93. The van der Waals surface area contributed by atoms with E-state index < -0.39 is 0 Å². The predicted molar refractivity (Wildman–Crippen MR) is 58.0 cm³/mol. The predicted octanol–water partition coefficient (Wildman–Crippen LogP) is 1.76. The zero-order valence-corrected chi connectivity index (χ0v) is 9.10. The van der Waals surface area contributed by atoms with Crippen LogP contribution in [0.1, 0.15) is 39.5 Å². The number of piperidine rings is 1. The zero-order chi connectivity index (χ0) is 9.52. The van der Waals surface area contributed by atoms with Gasteiger partial charge in [-0.05, 0) is 44.8 Å². The van der Waals surface area contributed by atoms with E-state index in [1.165, 1.54) is 38.8 Å². The van der Waals surface area contributed by atoms with Gasteiger partial charge < -0.3 is 10.6 Å². The van der Waals surface area contributed by atoms with Crippen LogP contribution in [0.4, 0.5) is 0 Å². The maximum Gasteiger partial charge on any atom is 0.0105 e. The van der Waals surface area contributed by atoms with Crippen molar-refractivity contribution in [1.29, 1.82) is 0 Å². The molecular formula is C11H24N2. The van der Waals surface area contributed by atoms with Gasteiger partial charge in [-0.15, -0.1) is 0 Å². The molecule has 0 aromatic rings. The van der Waals surface area contributed by atoms with E-state index in [4.69, 9.17) is 0 Å². The summed E-state index contributed by atoms with van der Waals surface area (Å²) in [5.41, 5.74) is 0. The first-order chi connectivity index (χ1) is 6.34. The molecule has 1 heterocycles. The van der Waals surface area contributed by atoms with Crippen molar-refractivity contribution < 1.29 is 0 Å². The van der Waals surface area contributed by atoms with Crippen LogP contribution in [-0.2, 0) is 0 Å². The van der Waals surface area contributed by atoms with Crippen molar-refractivity contribution in [2.24, 2.45) is 5.92 Å². The second-order valence-electron chi connectivity index (χ2n) is 4.24. The molecule has 1 saturated heterocycles. The van der Waals surface area contributed by atoms with E-state index in [0.717, 1.165) is 18.5 Å². The van der Waals surface area contributed by atoms with Crippen LogP contribution in [0.3, 0.4) is 0 Å². The monoisotopic (exact) mass is 184 g/mol. The van der Waals surface area contributed by atoms with Crippen LogP contribution < -0.4 is 10.6 Å². The van der Waals surface area contributed by atoms with E-state index in [1.807, 2.05) is 0 Å². The molecule has 1 aliphatic heterocycles. The molecule has 2 N–H and O–H groups in total. The Kier molecular flexibility index (Phi) is 5.40. The van der Waals surface area contributed by atoms with E-state index in [2.05, 4.69) is 24.5 Å². The van der Waals surface area contributed by atoms with Crippen LogP contribution in [0.15, 0.2) is 0 Å². The summed E-state index contributed by atoms with van der Waals surface area (Å²) in [6.45, 7) is 8.13. The van der Waals surface area contributed by atoms with E-state index in [0.29, 0.717) is 0 Å². The van der Waals surface area contributed by atoms with Crippen LogP contribution in [0.25, 0.3) is 0 Å². The Morgan fingerprint density at radius 1 is 1.46 bits per heavy atom. The first-order valence-corrected chi connectivity index (χ1v) is 5.78. The Morgan fingerprint density at radius 2 is 2.31 bits per heavy atom. The summed E-state index contributed by atoms with van der Waals surface area (Å²) in [6.07, 6.45) is 5.39. The van der Waals surface area contributed by atoms with Crippen molar-refractivity contribution in [3.63, 3.8) is 0 Å². The molecule has 0 amide bonds. The van der Waals surface area contributed by atoms with Crippen molar-refractivity contribution in [2.75, 3.05) is 19.6 Å². The first kappa shape index (κ1) is 11.0. The Morgan fingerprint density at radius 3 is 2.92 bits per heavy atom. The van der Waals surface area contributed by atoms with Crippen LogP contribution in [0, 0.1) is 5.92 Å². The molecule has 1 aliphatic rings. The largest absolute Gasteiger partial charge is 0.316 e. The molecule has 0 aliphatic carbocycles. The van der Waals surface area contributed by atoms with Crippen LogP contribution in [0.2, 0.25) is 0 Å². The van der Waals surface area contributed by atoms with Gasteiger partial charge in [0.1, 0.15) is 0 Å². The fraction of sp³-hybridized carbons (Fsp3) is 1.00. The summed E-state index contributed by atoms with van der Waals surface area (Å²) >= 11 is 0. The van der Waals surface area contributed by atoms with Crippen LogP contribution >= 0.6 is 0 Å². The minimum absolute atomic E-state index is 0.762. The van der Waals surface area contributed by atoms with Gasteiger partial charge in [-0.3, -0.25) is 0 Å². The lowest BCUT2D eigenvalue weighted by Crippen LogP contribution is -2.42. The van der Waals surface area contributed by atoms with Gasteiger partial charge in [0.05, 0.1) is 0 Å². The van der Waals surface area contributed by atoms with Crippen molar-refractivity contribution in [1.82, 2.24) is 10.6 Å². The zero-order valence-electron chi connectivity index (χ0n) is 9.10. The molecule has 0 bridgehead atoms. The average Bonchev–Trinajstić information content (AvgIpc) is 2.19. The van der Waals surface area contributed by atoms with E-state index in [1.54, 1.807) is 0 Å². The van der Waals surface area contributed by atoms with Crippen molar-refractivity contribution >= 4 is 0 Å². The quantitative estimate of drug-likeness (QED) is 0.636. The highest BCUT2D eigenvalue weighted by atomic mass is 14.9. The molecule has 0 radical (unpaired) electrons. The van der Waals surface area contributed by atoms with E-state index in [-0.39, 0.29) is 0 Å². The summed E-state index contributed by atoms with van der Waals surface area (Å²) in [5.74, 6) is 0.784. The lowest BCUT2D eigenvalue weighted by Gasteiger charge is -2.29. The van der Waals surface area contributed by atoms with Gasteiger partial charge in [-0.2, -0.15) is 0 Å². The van der Waals surface area contributed by atoms with E-state index >= 15 is 0 Å². The van der Waals surface area contributed by atoms with Gasteiger partial charge in [0, 0.05) is 6.04 Å². The second kappa shape index (κ2) is 6.39. The molecule has 0 aromatic heterocycles. The van der Waals surface area contributed by atoms with Crippen molar-refractivity contribution in [2.45, 2.75) is 45.6 Å². The molecular weight excluding hydrogens is 160 g/mol. The minimum Gasteiger partial charge on any atom is -0.316 e. The Hall–Kier alpha value is -0.0800. The first-order valence-electron chi connectivity index (χ1n) is 5.78. The summed E-state index contributed by atoms with van der Waals surface area (Å²) in [5, 5.41) is 7.10. The molecule has 2 heteroatoms. The number of hydrogen-bond donors (Lipinski definition) is 2. The molecule has 0 saturated carbocycles. The van der Waals surface area contributed by atoms with Crippen LogP contribution in [0.5, 0.6) is 0 Å². The summed E-state index contributed by atoms with van der Waals surface area (Å²) in [6, 6.07) is 0.762. The SMILES string of the molecule is CCCNCC(C)C1CCCCN1. The minimum atomic E-state index is 0.762. The second-order valence-corrected chi connectivity index (χ2v) is 4.24. The molecule has 1 rings (SSSR count). The van der Waals surface area contributed by atoms with Gasteiger partial charge >= 0.3 is 0 Å². The van der Waals surface area contributed by atoms with Gasteiger partial charge in [0.25, 0.3) is 0 Å². The third-order valence-corrected chi connectivity index (χ3v) is 2.93. The number of hydrogen-bond acceptors (Lipinski definition) is 2. The maximum atomic E-state index is 3.61. The Balaban J connectivity index is 2.09. The summed E-state index contributed by atoms with van der Waals surface area (Å²) in [7, 11) is 0. The third kappa shape index (κ3) is 4.10. The smallest absolute Gasteiger partial charge is 0.0105 e. The molecule has 0 spiro atoms. The normalized spacial score (nSPS) is 25.8. The average molecular weight is 184 g/mol. The van der Waals surface area contributed by atoms with Gasteiger partial charge in [0.2, 0.25) is 0 Å². The molecule has 78 valence electrons. The van der Waals surface area contributed by atoms with Crippen LogP contribution in [-0.4, -0.2) is 25.7 Å². The highest BCUT2D eigenvalue weighted by Crippen LogP contribution is 2.14. The molecule has 1 fully saturated rings. The summed E-state index contributed by atoms with van der Waals surface area (Å²) in [4.78, 5) is 0. The number of rotatable bonds is 5. The fourth-order valence-corrected chi connectivity index (χ4v) is 2.01. The van der Waals surface area contributed by atoms with Crippen molar-refractivity contribution in [3.05, 3.63) is 0 Å². The molecule has 2 nitrogen and oxygen atoms in total. The van der Waals surface area contributed by atoms with Gasteiger partial charge in [0.15, 0.2) is 0 Å². The lowest BCUT2D eigenvalue weighted by molar-refractivity contribution is 0.302. The highest BCUT2D eigenvalue weighted by molar-refractivity contribution is 4.78. The fourth-order valence-electron chi connectivity index (χ4n) is 2.01. The maximum absolute atomic E-state index is 3.61. The Bertz CT molecular complexity index is 119. The van der Waals surface area contributed by atoms with Gasteiger partial charge in [-0.25, -0.2) is 0 Å². The van der Waals surface area contributed by atoms with E-state index in [9.17, 15) is 0 Å². The molecule has 2 atom stereocenters. The van der Waals surface area contributed by atoms with Crippen molar-refractivity contribution in [3.8, 4) is 0 Å². The molecule has 13 heavy (non-hydrogen) atoms. The standard InChI is InChI=1S/C11H24N2/c1-3-7-12-9-10(2)11-6-4-5-8-13-11/h10-13H,3-9H2,1-2H3. The molecule has 2 unspecified atom stereocenters.